The summed E-state index contributed by atoms with van der Waals surface area (Å²) in [4.78, 5) is 35.7. The fraction of sp³-hybridized carbons (Fsp3) is 0.893. The van der Waals surface area contributed by atoms with Crippen LogP contribution in [0, 0.1) is 0 Å². The van der Waals surface area contributed by atoms with Gasteiger partial charge in [-0.2, -0.15) is 0 Å². The number of hydrogen-bond donors (Lipinski definition) is 3. The van der Waals surface area contributed by atoms with Gasteiger partial charge in [0.05, 0.1) is 0 Å². The SMILES string of the molecule is CCCCCCCCCC(=O)OC(CCCCCC)CCCCCC(=O)NC(CCCN)C(=O)O. The molecule has 206 valence electrons. The van der Waals surface area contributed by atoms with E-state index in [-0.39, 0.29) is 18.0 Å². The summed E-state index contributed by atoms with van der Waals surface area (Å²) in [5.41, 5.74) is 5.43. The normalized spacial score (nSPS) is 12.8. The molecule has 0 saturated heterocycles. The van der Waals surface area contributed by atoms with Gasteiger partial charge in [0.1, 0.15) is 12.1 Å². The third-order valence-electron chi connectivity index (χ3n) is 6.42. The minimum Gasteiger partial charge on any atom is -0.480 e. The van der Waals surface area contributed by atoms with Crippen LogP contribution in [0.25, 0.3) is 0 Å². The molecule has 0 heterocycles. The van der Waals surface area contributed by atoms with Crippen LogP contribution >= 0.6 is 0 Å². The van der Waals surface area contributed by atoms with Crippen LogP contribution in [0.3, 0.4) is 0 Å². The summed E-state index contributed by atoms with van der Waals surface area (Å²) in [6.07, 6.45) is 18.8. The summed E-state index contributed by atoms with van der Waals surface area (Å²) in [6, 6.07) is -0.866. The summed E-state index contributed by atoms with van der Waals surface area (Å²) in [5.74, 6) is -1.32. The zero-order chi connectivity index (χ0) is 26.2. The van der Waals surface area contributed by atoms with Crippen molar-refractivity contribution in [2.75, 3.05) is 6.54 Å². The first kappa shape index (κ1) is 33.4. The highest BCUT2D eigenvalue weighted by Gasteiger charge is 2.19. The second-order valence-electron chi connectivity index (χ2n) is 9.82. The van der Waals surface area contributed by atoms with Gasteiger partial charge in [-0.1, -0.05) is 78.1 Å². The Bertz CT molecular complexity index is 541. The van der Waals surface area contributed by atoms with E-state index in [0.717, 1.165) is 51.4 Å². The van der Waals surface area contributed by atoms with E-state index in [1.165, 1.54) is 44.9 Å². The summed E-state index contributed by atoms with van der Waals surface area (Å²) >= 11 is 0. The molecule has 2 atom stereocenters. The van der Waals surface area contributed by atoms with E-state index in [0.29, 0.717) is 38.6 Å². The first-order valence-corrected chi connectivity index (χ1v) is 14.4. The van der Waals surface area contributed by atoms with Gasteiger partial charge in [0, 0.05) is 12.8 Å². The molecule has 0 aliphatic heterocycles. The molecule has 7 heteroatoms. The van der Waals surface area contributed by atoms with Crippen LogP contribution in [-0.2, 0) is 19.1 Å². The Morgan fingerprint density at radius 2 is 1.23 bits per heavy atom. The molecule has 0 saturated carbocycles. The van der Waals surface area contributed by atoms with Gasteiger partial charge in [0.15, 0.2) is 0 Å². The molecule has 0 fully saturated rings. The third kappa shape index (κ3) is 21.4. The molecule has 0 bridgehead atoms. The lowest BCUT2D eigenvalue weighted by Gasteiger charge is -2.18. The zero-order valence-corrected chi connectivity index (χ0v) is 22.7. The van der Waals surface area contributed by atoms with Crippen molar-refractivity contribution in [3.05, 3.63) is 0 Å². The number of nitrogens with two attached hydrogens (primary N) is 1. The molecule has 0 aliphatic carbocycles. The monoisotopic (exact) mass is 498 g/mol. The van der Waals surface area contributed by atoms with E-state index in [1.807, 2.05) is 0 Å². The lowest BCUT2D eigenvalue weighted by Crippen LogP contribution is -2.40. The topological polar surface area (TPSA) is 119 Å². The van der Waals surface area contributed by atoms with E-state index >= 15 is 0 Å². The fourth-order valence-corrected chi connectivity index (χ4v) is 4.21. The summed E-state index contributed by atoms with van der Waals surface area (Å²) in [5, 5.41) is 11.8. The van der Waals surface area contributed by atoms with Crippen molar-refractivity contribution in [2.24, 2.45) is 5.73 Å². The third-order valence-corrected chi connectivity index (χ3v) is 6.42. The smallest absolute Gasteiger partial charge is 0.326 e. The number of unbranched alkanes of at least 4 members (excludes halogenated alkanes) is 11. The van der Waals surface area contributed by atoms with E-state index in [2.05, 4.69) is 19.2 Å². The Morgan fingerprint density at radius 1 is 0.714 bits per heavy atom. The van der Waals surface area contributed by atoms with Gasteiger partial charge in [-0.15, -0.1) is 0 Å². The van der Waals surface area contributed by atoms with Crippen LogP contribution in [-0.4, -0.2) is 41.6 Å². The Labute approximate surface area is 214 Å². The molecule has 1 amide bonds. The van der Waals surface area contributed by atoms with Crippen LogP contribution in [0.4, 0.5) is 0 Å². The molecule has 4 N–H and O–H groups in total. The van der Waals surface area contributed by atoms with Crippen LogP contribution < -0.4 is 11.1 Å². The molecule has 0 aromatic carbocycles. The highest BCUT2D eigenvalue weighted by molar-refractivity contribution is 5.83. The zero-order valence-electron chi connectivity index (χ0n) is 22.7. The highest BCUT2D eigenvalue weighted by Crippen LogP contribution is 2.17. The lowest BCUT2D eigenvalue weighted by molar-refractivity contribution is -0.150. The maximum Gasteiger partial charge on any atom is 0.326 e. The molecule has 0 aromatic rings. The summed E-state index contributed by atoms with van der Waals surface area (Å²) < 4.78 is 5.83. The molecule has 0 spiro atoms. The van der Waals surface area contributed by atoms with Crippen LogP contribution in [0.5, 0.6) is 0 Å². The Morgan fingerprint density at radius 3 is 1.80 bits per heavy atom. The molecule has 7 nitrogen and oxygen atoms in total. The van der Waals surface area contributed by atoms with Crippen molar-refractivity contribution in [1.29, 1.82) is 0 Å². The average molecular weight is 499 g/mol. The predicted octanol–water partition coefficient (Wildman–Crippen LogP) is 6.27. The number of carboxylic acids is 1. The van der Waals surface area contributed by atoms with Crippen LogP contribution in [0.1, 0.15) is 142 Å². The van der Waals surface area contributed by atoms with E-state index < -0.39 is 12.0 Å². The predicted molar refractivity (Wildman–Crippen MR) is 142 cm³/mol. The largest absolute Gasteiger partial charge is 0.480 e. The highest BCUT2D eigenvalue weighted by atomic mass is 16.5. The van der Waals surface area contributed by atoms with Gasteiger partial charge in [-0.3, -0.25) is 9.59 Å². The van der Waals surface area contributed by atoms with Crippen LogP contribution in [0.2, 0.25) is 0 Å². The second kappa shape index (κ2) is 24.1. The number of aliphatic carboxylic acids is 1. The summed E-state index contributed by atoms with van der Waals surface area (Å²) in [7, 11) is 0. The Hall–Kier alpha value is -1.63. The maximum absolute atomic E-state index is 12.4. The van der Waals surface area contributed by atoms with Crippen molar-refractivity contribution in [3.8, 4) is 0 Å². The first-order valence-electron chi connectivity index (χ1n) is 14.4. The van der Waals surface area contributed by atoms with Gasteiger partial charge in [0.25, 0.3) is 0 Å². The van der Waals surface area contributed by atoms with Crippen LogP contribution in [0.15, 0.2) is 0 Å². The number of amides is 1. The fourth-order valence-electron chi connectivity index (χ4n) is 4.21. The van der Waals surface area contributed by atoms with E-state index in [9.17, 15) is 19.5 Å². The number of carboxylic acid groups (broad SMARTS) is 1. The number of carbonyl (C=O) groups is 3. The Balaban J connectivity index is 4.23. The van der Waals surface area contributed by atoms with Gasteiger partial charge in [0.2, 0.25) is 5.91 Å². The minimum absolute atomic E-state index is 0.0367. The average Bonchev–Trinajstić information content (AvgIpc) is 2.83. The number of hydrogen-bond acceptors (Lipinski definition) is 5. The molecule has 0 rings (SSSR count). The molecule has 0 aromatic heterocycles. The molecule has 35 heavy (non-hydrogen) atoms. The molecule has 0 aliphatic rings. The number of ether oxygens (including phenoxy) is 1. The van der Waals surface area contributed by atoms with Crippen molar-refractivity contribution in [1.82, 2.24) is 5.32 Å². The molecular weight excluding hydrogens is 444 g/mol. The Kier molecular flexibility index (Phi) is 23.0. The standard InChI is InChI=1S/C28H54N2O5/c1-3-5-7-9-10-11-16-22-27(32)35-24(18-13-8-6-4-2)19-14-12-15-21-26(31)30-25(28(33)34)20-17-23-29/h24-25H,3-23,29H2,1-2H3,(H,30,31)(H,33,34). The van der Waals surface area contributed by atoms with Gasteiger partial charge >= 0.3 is 11.9 Å². The lowest BCUT2D eigenvalue weighted by atomic mass is 10.0. The van der Waals surface area contributed by atoms with Crippen molar-refractivity contribution >= 4 is 17.8 Å². The molecule has 2 unspecified atom stereocenters. The second-order valence-corrected chi connectivity index (χ2v) is 9.82. The molecule has 0 radical (unpaired) electrons. The quantitative estimate of drug-likeness (QED) is 0.101. The van der Waals surface area contributed by atoms with E-state index in [4.69, 9.17) is 10.5 Å². The molecular formula is C28H54N2O5. The maximum atomic E-state index is 12.4. The van der Waals surface area contributed by atoms with Gasteiger partial charge < -0.3 is 20.9 Å². The van der Waals surface area contributed by atoms with E-state index in [1.54, 1.807) is 0 Å². The van der Waals surface area contributed by atoms with Gasteiger partial charge in [-0.25, -0.2) is 4.79 Å². The minimum atomic E-state index is -1.02. The number of rotatable bonds is 25. The summed E-state index contributed by atoms with van der Waals surface area (Å²) in [6.45, 7) is 4.81. The number of carbonyl (C=O) groups excluding carboxylic acids is 2. The van der Waals surface area contributed by atoms with Crippen molar-refractivity contribution < 1.29 is 24.2 Å². The first-order chi connectivity index (χ1) is 16.9. The number of esters is 1. The number of nitrogens with one attached hydrogen (secondary N) is 1. The van der Waals surface area contributed by atoms with Crippen molar-refractivity contribution in [2.45, 2.75) is 154 Å². The van der Waals surface area contributed by atoms with Gasteiger partial charge in [-0.05, 0) is 57.9 Å². The van der Waals surface area contributed by atoms with Crippen molar-refractivity contribution in [3.63, 3.8) is 0 Å².